The van der Waals surface area contributed by atoms with Crippen LogP contribution in [0, 0.1) is 0 Å². The first kappa shape index (κ1) is 8.92. The molecule has 0 aromatic heterocycles. The lowest BCUT2D eigenvalue weighted by molar-refractivity contribution is -0.0837. The van der Waals surface area contributed by atoms with Crippen LogP contribution in [0.15, 0.2) is 21.5 Å². The normalized spacial score (nSPS) is 29.3. The Morgan fingerprint density at radius 1 is 1.45 bits per heavy atom. The Bertz CT molecular complexity index is 235. The highest BCUT2D eigenvalue weighted by Crippen LogP contribution is 2.35. The van der Waals surface area contributed by atoms with Crippen LogP contribution in [-0.2, 0) is 0 Å². The van der Waals surface area contributed by atoms with Gasteiger partial charge in [0.25, 0.3) is 0 Å². The molecule has 5 heteroatoms. The third-order valence-electron chi connectivity index (χ3n) is 1.35. The Hall–Kier alpha value is -0.170. The van der Waals surface area contributed by atoms with E-state index in [4.69, 9.17) is 10.2 Å². The van der Waals surface area contributed by atoms with Crippen LogP contribution in [-0.4, -0.2) is 22.2 Å². The van der Waals surface area contributed by atoms with Gasteiger partial charge in [0.2, 0.25) is 0 Å². The molecule has 2 nitrogen and oxygen atoms in total. The van der Waals surface area contributed by atoms with Gasteiger partial charge in [0.05, 0.1) is 0 Å². The number of aliphatic hydroxyl groups is 2. The van der Waals surface area contributed by atoms with Gasteiger partial charge in [0, 0.05) is 3.58 Å². The third kappa shape index (κ3) is 1.39. The number of hydrogen-bond donors (Lipinski definition) is 2. The fourth-order valence-corrected chi connectivity index (χ4v) is 1.24. The minimum Gasteiger partial charge on any atom is -0.506 e. The zero-order chi connectivity index (χ0) is 8.65. The molecule has 1 rings (SSSR count). The molecule has 11 heavy (non-hydrogen) atoms. The molecule has 1 aliphatic carbocycles. The topological polar surface area (TPSA) is 40.5 Å². The summed E-state index contributed by atoms with van der Waals surface area (Å²) in [5.74, 6) is -4.63. The molecule has 0 heterocycles. The molecule has 0 aromatic carbocycles. The summed E-state index contributed by atoms with van der Waals surface area (Å²) in [7, 11) is 0. The van der Waals surface area contributed by atoms with Crippen molar-refractivity contribution in [3.63, 3.8) is 0 Å². The van der Waals surface area contributed by atoms with Crippen LogP contribution in [0.1, 0.15) is 0 Å². The second kappa shape index (κ2) is 2.71. The number of allylic oxidation sites excluding steroid dienone is 2. The molecule has 0 radical (unpaired) electrons. The fourth-order valence-electron chi connectivity index (χ4n) is 0.674. The van der Waals surface area contributed by atoms with E-state index in [-0.39, 0.29) is 3.58 Å². The molecule has 0 saturated heterocycles. The molecule has 0 fully saturated rings. The number of hydrogen-bond acceptors (Lipinski definition) is 2. The smallest absolute Gasteiger partial charge is 0.333 e. The lowest BCUT2D eigenvalue weighted by Crippen LogP contribution is -2.37. The van der Waals surface area contributed by atoms with Crippen molar-refractivity contribution in [1.82, 2.24) is 0 Å². The maximum Gasteiger partial charge on any atom is 0.333 e. The molecular formula is C6H5F2IO2. The molecule has 1 unspecified atom stereocenters. The highest BCUT2D eigenvalue weighted by Gasteiger charge is 2.45. The summed E-state index contributed by atoms with van der Waals surface area (Å²) in [6.07, 6.45) is 0.222. The van der Waals surface area contributed by atoms with Crippen molar-refractivity contribution < 1.29 is 19.0 Å². The Kier molecular flexibility index (Phi) is 2.19. The maximum atomic E-state index is 12.6. The number of aliphatic hydroxyl groups excluding tert-OH is 2. The predicted octanol–water partition coefficient (Wildman–Crippen LogP) is 1.76. The predicted molar refractivity (Wildman–Crippen MR) is 43.8 cm³/mol. The molecule has 62 valence electrons. The number of rotatable bonds is 0. The van der Waals surface area contributed by atoms with Crippen molar-refractivity contribution in [3.05, 3.63) is 21.5 Å². The monoisotopic (exact) mass is 274 g/mol. The van der Waals surface area contributed by atoms with Crippen molar-refractivity contribution in [2.75, 3.05) is 0 Å². The van der Waals surface area contributed by atoms with Gasteiger partial charge in [-0.3, -0.25) is 0 Å². The van der Waals surface area contributed by atoms with Gasteiger partial charge in [0.1, 0.15) is 0 Å². The van der Waals surface area contributed by atoms with E-state index in [0.29, 0.717) is 0 Å². The molecule has 0 saturated carbocycles. The fraction of sp³-hybridized carbons (Fsp3) is 0.333. The summed E-state index contributed by atoms with van der Waals surface area (Å²) >= 11 is 1.59. The quantitative estimate of drug-likeness (QED) is 0.661. The van der Waals surface area contributed by atoms with Crippen LogP contribution in [0.3, 0.4) is 0 Å². The number of halogens is 3. The minimum absolute atomic E-state index is 0.116. The summed E-state index contributed by atoms with van der Waals surface area (Å²) in [4.78, 5) is 0. The van der Waals surface area contributed by atoms with Crippen molar-refractivity contribution >= 4 is 22.6 Å². The highest BCUT2D eigenvalue weighted by atomic mass is 127. The summed E-state index contributed by atoms with van der Waals surface area (Å²) in [5, 5.41) is 17.5. The Morgan fingerprint density at radius 2 is 2.00 bits per heavy atom. The average molecular weight is 274 g/mol. The SMILES string of the molecule is OC1=CC=C(I)C(O)C1(F)F. The van der Waals surface area contributed by atoms with Gasteiger partial charge in [0.15, 0.2) is 11.9 Å². The molecule has 0 spiro atoms. The van der Waals surface area contributed by atoms with E-state index in [1.54, 1.807) is 22.6 Å². The first-order valence-electron chi connectivity index (χ1n) is 2.79. The standard InChI is InChI=1S/C6H5F2IO2/c7-6(8)4(10)2-1-3(9)5(6)11/h1-2,5,10-11H. The van der Waals surface area contributed by atoms with E-state index in [1.165, 1.54) is 6.08 Å². The van der Waals surface area contributed by atoms with Gasteiger partial charge in [-0.05, 0) is 34.7 Å². The van der Waals surface area contributed by atoms with Gasteiger partial charge >= 0.3 is 5.92 Å². The zero-order valence-corrected chi connectivity index (χ0v) is 7.42. The molecule has 0 amide bonds. The summed E-state index contributed by atoms with van der Waals surface area (Å²) in [6, 6.07) is 0. The Balaban J connectivity index is 3.03. The molecule has 2 N–H and O–H groups in total. The van der Waals surface area contributed by atoms with Gasteiger partial charge in [-0.15, -0.1) is 0 Å². The van der Waals surface area contributed by atoms with Crippen molar-refractivity contribution in [3.8, 4) is 0 Å². The second-order valence-corrected chi connectivity index (χ2v) is 3.37. The van der Waals surface area contributed by atoms with Gasteiger partial charge in [-0.1, -0.05) is 0 Å². The lowest BCUT2D eigenvalue weighted by atomic mass is 10.1. The lowest BCUT2D eigenvalue weighted by Gasteiger charge is -2.24. The van der Waals surface area contributed by atoms with E-state index < -0.39 is 17.8 Å². The molecule has 0 aromatic rings. The van der Waals surface area contributed by atoms with Gasteiger partial charge < -0.3 is 10.2 Å². The maximum absolute atomic E-state index is 12.6. The number of alkyl halides is 2. The van der Waals surface area contributed by atoms with Crippen LogP contribution in [0.4, 0.5) is 8.78 Å². The van der Waals surface area contributed by atoms with Crippen LogP contribution in [0.2, 0.25) is 0 Å². The highest BCUT2D eigenvalue weighted by molar-refractivity contribution is 14.1. The van der Waals surface area contributed by atoms with E-state index in [1.807, 2.05) is 0 Å². The minimum atomic E-state index is -3.54. The van der Waals surface area contributed by atoms with Crippen molar-refractivity contribution in [1.29, 1.82) is 0 Å². The first-order chi connectivity index (χ1) is 4.96. The summed E-state index contributed by atoms with van der Waals surface area (Å²) < 4.78 is 25.4. The molecule has 0 aliphatic heterocycles. The average Bonchev–Trinajstić information content (AvgIpc) is 1.95. The summed E-state index contributed by atoms with van der Waals surface area (Å²) in [5.41, 5.74) is 0. The largest absolute Gasteiger partial charge is 0.506 e. The molecule has 1 atom stereocenters. The van der Waals surface area contributed by atoms with E-state index >= 15 is 0 Å². The first-order valence-corrected chi connectivity index (χ1v) is 3.87. The van der Waals surface area contributed by atoms with Crippen molar-refractivity contribution in [2.24, 2.45) is 0 Å². The summed E-state index contributed by atoms with van der Waals surface area (Å²) in [6.45, 7) is 0. The molecule has 0 bridgehead atoms. The van der Waals surface area contributed by atoms with Crippen LogP contribution >= 0.6 is 22.6 Å². The van der Waals surface area contributed by atoms with E-state index in [2.05, 4.69) is 0 Å². The Labute approximate surface area is 75.4 Å². The second-order valence-electron chi connectivity index (χ2n) is 2.13. The molecule has 1 aliphatic rings. The van der Waals surface area contributed by atoms with E-state index in [9.17, 15) is 8.78 Å². The zero-order valence-electron chi connectivity index (χ0n) is 5.26. The van der Waals surface area contributed by atoms with Crippen molar-refractivity contribution in [2.45, 2.75) is 12.0 Å². The van der Waals surface area contributed by atoms with E-state index in [0.717, 1.165) is 6.08 Å². The Morgan fingerprint density at radius 3 is 2.45 bits per heavy atom. The van der Waals surface area contributed by atoms with Gasteiger partial charge in [-0.2, -0.15) is 8.78 Å². The van der Waals surface area contributed by atoms with Crippen LogP contribution < -0.4 is 0 Å². The van der Waals surface area contributed by atoms with Gasteiger partial charge in [-0.25, -0.2) is 0 Å². The van der Waals surface area contributed by atoms with Crippen LogP contribution in [0.5, 0.6) is 0 Å². The third-order valence-corrected chi connectivity index (χ3v) is 2.30. The van der Waals surface area contributed by atoms with Crippen LogP contribution in [0.25, 0.3) is 0 Å². The molecular weight excluding hydrogens is 269 g/mol.